The zero-order valence-corrected chi connectivity index (χ0v) is 29.4. The summed E-state index contributed by atoms with van der Waals surface area (Å²) < 4.78 is 0. The first-order valence-corrected chi connectivity index (χ1v) is 18.0. The first kappa shape index (κ1) is 29.9. The average molecular weight is 655 g/mol. The van der Waals surface area contributed by atoms with Gasteiger partial charge in [0.2, 0.25) is 0 Å². The van der Waals surface area contributed by atoms with E-state index in [-0.39, 0.29) is 10.8 Å². The molecule has 0 spiro atoms. The number of aromatic nitrogens is 1. The van der Waals surface area contributed by atoms with Crippen LogP contribution in [0.5, 0.6) is 0 Å². The second kappa shape index (κ2) is 10.8. The van der Waals surface area contributed by atoms with Crippen molar-refractivity contribution in [2.75, 3.05) is 4.90 Å². The molecule has 0 N–H and O–H groups in total. The van der Waals surface area contributed by atoms with Crippen molar-refractivity contribution in [1.29, 1.82) is 0 Å². The predicted molar refractivity (Wildman–Crippen MR) is 214 cm³/mol. The highest BCUT2D eigenvalue weighted by Crippen LogP contribution is 2.53. The summed E-state index contributed by atoms with van der Waals surface area (Å²) in [6.45, 7) is 9.45. The quantitative estimate of drug-likeness (QED) is 0.188. The molecule has 1 heterocycles. The summed E-state index contributed by atoms with van der Waals surface area (Å²) in [5, 5.41) is 3.72. The Bertz CT molecular complexity index is 2700. The van der Waals surface area contributed by atoms with Crippen LogP contribution in [0.4, 0.5) is 17.1 Å². The van der Waals surface area contributed by atoms with Gasteiger partial charge in [-0.1, -0.05) is 119 Å². The Morgan fingerprint density at radius 2 is 0.961 bits per heavy atom. The van der Waals surface area contributed by atoms with Crippen LogP contribution in [0, 0.1) is 0 Å². The lowest BCUT2D eigenvalue weighted by Crippen LogP contribution is -2.17. The molecule has 0 aliphatic heterocycles. The van der Waals surface area contributed by atoms with Gasteiger partial charge in [-0.25, -0.2) is 0 Å². The molecule has 7 aromatic carbocycles. The third-order valence-corrected chi connectivity index (χ3v) is 11.7. The fourth-order valence-electron chi connectivity index (χ4n) is 8.87. The summed E-state index contributed by atoms with van der Waals surface area (Å²) in [6.07, 6.45) is 1.98. The number of rotatable bonds is 4. The first-order valence-electron chi connectivity index (χ1n) is 18.0. The molecule has 244 valence electrons. The number of fused-ring (bicyclic) bond motifs is 8. The van der Waals surface area contributed by atoms with Crippen LogP contribution in [0.25, 0.3) is 55.1 Å². The van der Waals surface area contributed by atoms with Gasteiger partial charge in [0, 0.05) is 45.0 Å². The largest absolute Gasteiger partial charge is 0.310 e. The van der Waals surface area contributed by atoms with Crippen LogP contribution in [0.15, 0.2) is 158 Å². The molecule has 0 unspecified atom stereocenters. The van der Waals surface area contributed by atoms with Crippen LogP contribution in [0.1, 0.15) is 49.9 Å². The van der Waals surface area contributed by atoms with Crippen molar-refractivity contribution in [2.24, 2.45) is 0 Å². The summed E-state index contributed by atoms with van der Waals surface area (Å²) in [5.41, 5.74) is 17.4. The van der Waals surface area contributed by atoms with Gasteiger partial charge in [-0.2, -0.15) is 0 Å². The van der Waals surface area contributed by atoms with Gasteiger partial charge < -0.3 is 4.90 Å². The number of hydrogen-bond acceptors (Lipinski definition) is 2. The van der Waals surface area contributed by atoms with Gasteiger partial charge in [-0.15, -0.1) is 0 Å². The second-order valence-electron chi connectivity index (χ2n) is 15.3. The van der Waals surface area contributed by atoms with E-state index in [0.29, 0.717) is 0 Å². The smallest absolute Gasteiger partial charge is 0.0702 e. The monoisotopic (exact) mass is 654 g/mol. The zero-order chi connectivity index (χ0) is 34.5. The number of hydrogen-bond donors (Lipinski definition) is 0. The van der Waals surface area contributed by atoms with E-state index in [9.17, 15) is 0 Å². The Labute approximate surface area is 299 Å². The Hall–Kier alpha value is -5.99. The lowest BCUT2D eigenvalue weighted by molar-refractivity contribution is 0.660. The standard InChI is InChI=1S/C49H38N2/c1-48(2)43-15-9-8-14-39(43)40-23-21-38(29-46(40)48)51(36-19-17-31(18-20-36)35-25-34-13-7-10-16-47(34)50-30-35)37-22-24-44-42(28-37)41-26-32-11-5-6-12-33(32)27-45(41)49(44,3)4/h5-30H,1-4H3. The van der Waals surface area contributed by atoms with Crippen LogP contribution in [0.3, 0.4) is 0 Å². The van der Waals surface area contributed by atoms with E-state index in [0.717, 1.165) is 39.1 Å². The maximum Gasteiger partial charge on any atom is 0.0702 e. The van der Waals surface area contributed by atoms with Gasteiger partial charge in [0.25, 0.3) is 0 Å². The van der Waals surface area contributed by atoms with E-state index in [1.54, 1.807) is 0 Å². The predicted octanol–water partition coefficient (Wildman–Crippen LogP) is 13.1. The maximum absolute atomic E-state index is 4.75. The van der Waals surface area contributed by atoms with Gasteiger partial charge >= 0.3 is 0 Å². The van der Waals surface area contributed by atoms with E-state index >= 15 is 0 Å². The van der Waals surface area contributed by atoms with E-state index in [2.05, 4.69) is 178 Å². The van der Waals surface area contributed by atoms with Gasteiger partial charge in [0.05, 0.1) is 5.52 Å². The molecule has 0 atom stereocenters. The molecule has 10 rings (SSSR count). The topological polar surface area (TPSA) is 16.1 Å². The fraction of sp³-hybridized carbons (Fsp3) is 0.122. The van der Waals surface area contributed by atoms with Crippen LogP contribution < -0.4 is 4.90 Å². The highest BCUT2D eigenvalue weighted by Gasteiger charge is 2.38. The summed E-state index contributed by atoms with van der Waals surface area (Å²) in [4.78, 5) is 7.18. The lowest BCUT2D eigenvalue weighted by atomic mass is 9.82. The summed E-state index contributed by atoms with van der Waals surface area (Å²) in [7, 11) is 0. The number of para-hydroxylation sites is 1. The highest BCUT2D eigenvalue weighted by atomic mass is 15.1. The Morgan fingerprint density at radius 1 is 0.392 bits per heavy atom. The van der Waals surface area contributed by atoms with Crippen LogP contribution in [0.2, 0.25) is 0 Å². The van der Waals surface area contributed by atoms with Crippen molar-refractivity contribution in [1.82, 2.24) is 4.98 Å². The minimum Gasteiger partial charge on any atom is -0.310 e. The van der Waals surface area contributed by atoms with Crippen molar-refractivity contribution >= 4 is 38.7 Å². The molecule has 51 heavy (non-hydrogen) atoms. The van der Waals surface area contributed by atoms with Gasteiger partial charge in [-0.3, -0.25) is 4.98 Å². The second-order valence-corrected chi connectivity index (χ2v) is 15.3. The molecular weight excluding hydrogens is 617 g/mol. The fourth-order valence-corrected chi connectivity index (χ4v) is 8.87. The molecule has 8 aromatic rings. The molecule has 0 amide bonds. The van der Waals surface area contributed by atoms with Crippen molar-refractivity contribution in [3.63, 3.8) is 0 Å². The maximum atomic E-state index is 4.75. The first-order chi connectivity index (χ1) is 24.8. The van der Waals surface area contributed by atoms with E-state index in [4.69, 9.17) is 4.98 Å². The Morgan fingerprint density at radius 3 is 1.76 bits per heavy atom. The van der Waals surface area contributed by atoms with E-state index in [1.807, 2.05) is 12.3 Å². The number of pyridine rings is 1. The molecule has 0 saturated heterocycles. The van der Waals surface area contributed by atoms with Crippen LogP contribution >= 0.6 is 0 Å². The van der Waals surface area contributed by atoms with Gasteiger partial charge in [0.1, 0.15) is 0 Å². The van der Waals surface area contributed by atoms with Gasteiger partial charge in [0.15, 0.2) is 0 Å². The summed E-state index contributed by atoms with van der Waals surface area (Å²) in [5.74, 6) is 0. The summed E-state index contributed by atoms with van der Waals surface area (Å²) in [6, 6.07) is 56.1. The Kier molecular flexibility index (Phi) is 6.30. The molecule has 2 nitrogen and oxygen atoms in total. The Balaban J connectivity index is 1.14. The molecular formula is C49H38N2. The van der Waals surface area contributed by atoms with Crippen molar-refractivity contribution in [3.8, 4) is 33.4 Å². The summed E-state index contributed by atoms with van der Waals surface area (Å²) >= 11 is 0. The van der Waals surface area contributed by atoms with E-state index < -0.39 is 0 Å². The molecule has 1 aromatic heterocycles. The zero-order valence-electron chi connectivity index (χ0n) is 29.4. The molecule has 2 aliphatic carbocycles. The molecule has 2 heteroatoms. The average Bonchev–Trinajstić information content (AvgIpc) is 3.52. The molecule has 0 saturated carbocycles. The van der Waals surface area contributed by atoms with Crippen LogP contribution in [-0.2, 0) is 10.8 Å². The third-order valence-electron chi connectivity index (χ3n) is 11.7. The minimum absolute atomic E-state index is 0.0863. The highest BCUT2D eigenvalue weighted by molar-refractivity contribution is 5.95. The van der Waals surface area contributed by atoms with Crippen molar-refractivity contribution < 1.29 is 0 Å². The number of benzene rings is 7. The molecule has 0 bridgehead atoms. The number of nitrogens with zero attached hydrogens (tertiary/aromatic N) is 2. The third kappa shape index (κ3) is 4.46. The molecule has 0 fully saturated rings. The molecule has 0 radical (unpaired) electrons. The number of anilines is 3. The van der Waals surface area contributed by atoms with E-state index in [1.165, 1.54) is 55.3 Å². The van der Waals surface area contributed by atoms with Crippen molar-refractivity contribution in [3.05, 3.63) is 180 Å². The van der Waals surface area contributed by atoms with Crippen molar-refractivity contribution in [2.45, 2.75) is 38.5 Å². The van der Waals surface area contributed by atoms with Gasteiger partial charge in [-0.05, 0) is 122 Å². The normalized spacial score (nSPS) is 14.6. The minimum atomic E-state index is -0.0947. The molecule has 2 aliphatic rings. The lowest BCUT2D eigenvalue weighted by Gasteiger charge is -2.29. The SMILES string of the molecule is CC1(C)c2ccccc2-c2ccc(N(c3ccc(-c4cnc5ccccc5c4)cc3)c3ccc4c(c3)-c3cc5ccccc5cc3C4(C)C)cc21. The van der Waals surface area contributed by atoms with Crippen LogP contribution in [-0.4, -0.2) is 4.98 Å².